The number of piperidine rings is 1. The molecule has 1 amide bonds. The molecular formula is C50H59N9O8S2. The second-order valence-corrected chi connectivity index (χ2v) is 24.3. The molecule has 7 heterocycles. The van der Waals surface area contributed by atoms with Crippen LogP contribution in [0.3, 0.4) is 0 Å². The van der Waals surface area contributed by atoms with E-state index >= 15 is 0 Å². The second-order valence-electron chi connectivity index (χ2n) is 20.0. The number of hydrogen-bond acceptors (Lipinski definition) is 14. The van der Waals surface area contributed by atoms with E-state index < -0.39 is 41.2 Å². The molecule has 19 heteroatoms. The lowest BCUT2D eigenvalue weighted by Gasteiger charge is -2.56. The van der Waals surface area contributed by atoms with E-state index in [0.717, 1.165) is 74.6 Å². The fourth-order valence-electron chi connectivity index (χ4n) is 11.5. The molecule has 6 aliphatic rings. The lowest BCUT2D eigenvalue weighted by molar-refractivity contribution is -0.384. The average molecular weight is 978 g/mol. The lowest BCUT2D eigenvalue weighted by atomic mass is 9.59. The highest BCUT2D eigenvalue weighted by molar-refractivity contribution is 7.93. The number of fused-ring (bicyclic) bond motifs is 1. The number of ether oxygens (including phenoxy) is 2. The topological polar surface area (TPSA) is 214 Å². The van der Waals surface area contributed by atoms with Gasteiger partial charge in [-0.2, -0.15) is 0 Å². The van der Waals surface area contributed by atoms with Crippen molar-refractivity contribution in [2.45, 2.75) is 112 Å². The SMILES string of the molecule is O=C(NS(=O)(=O)c1cnc(NCC2CCC(N=S3(=O)CCCC3)CO2)c([N+](=O)[O-])c1)c1ccc(N2CCC3(CC2)CC(N2CCC[C@H]2c2ccccc2C2CC2)C3)cc1Oc1cnc2[nH]ccc2c1. The number of amides is 1. The molecule has 4 aliphatic heterocycles. The zero-order valence-electron chi connectivity index (χ0n) is 38.6. The number of benzene rings is 2. The number of aromatic amines is 1. The molecule has 3 aromatic heterocycles. The van der Waals surface area contributed by atoms with Crippen molar-refractivity contribution in [1.29, 1.82) is 0 Å². The molecule has 4 saturated heterocycles. The minimum atomic E-state index is -4.66. The van der Waals surface area contributed by atoms with Gasteiger partial charge in [0.05, 0.1) is 41.6 Å². The van der Waals surface area contributed by atoms with Gasteiger partial charge in [-0.05, 0) is 130 Å². The Hall–Kier alpha value is -5.63. The van der Waals surface area contributed by atoms with Crippen LogP contribution < -0.4 is 19.7 Å². The maximum atomic E-state index is 14.0. The zero-order chi connectivity index (χ0) is 47.3. The number of hydrogen-bond donors (Lipinski definition) is 3. The fourth-order valence-corrected chi connectivity index (χ4v) is 14.9. The van der Waals surface area contributed by atoms with E-state index in [9.17, 15) is 27.5 Å². The summed E-state index contributed by atoms with van der Waals surface area (Å²) in [5, 5.41) is 16.0. The Bertz CT molecular complexity index is 2990. The standard InChI is InChI=1S/C50H59N9O8S2/c60-49(56-69(64,65)40-26-45(59(61)62)48(54-31-40)53-29-38-13-11-35(32-66-38)55-68(63)22-3-4-23-68)43-14-12-36(25-46(43)67-39-24-34-15-18-51-47(34)52-30-39)57-20-16-50(17-21-57)27-37(28-50)58-19-5-8-44(58)42-7-2-1-6-41(42)33-9-10-33/h1-2,6-7,12,14-15,18,24-26,30-31,33,35,37-38,44H,3-5,8-11,13,16-17,19-23,27-29,32H2,(H,51,52)(H,53,54)(H,56,60)/t35?,38?,44-/m0/s1. The van der Waals surface area contributed by atoms with Gasteiger partial charge in [0.2, 0.25) is 5.82 Å². The predicted octanol–water partition coefficient (Wildman–Crippen LogP) is 8.46. The molecule has 2 aromatic carbocycles. The Balaban J connectivity index is 0.760. The van der Waals surface area contributed by atoms with Gasteiger partial charge in [-0.25, -0.2) is 31.7 Å². The Morgan fingerprint density at radius 1 is 0.957 bits per heavy atom. The van der Waals surface area contributed by atoms with E-state index in [1.165, 1.54) is 44.7 Å². The lowest BCUT2D eigenvalue weighted by Crippen LogP contribution is -2.54. The van der Waals surface area contributed by atoms with Crippen molar-refractivity contribution in [3.8, 4) is 11.5 Å². The fraction of sp³-hybridized carbons (Fsp3) is 0.500. The van der Waals surface area contributed by atoms with Gasteiger partial charge in [-0.3, -0.25) is 19.8 Å². The van der Waals surface area contributed by atoms with Crippen LogP contribution in [0.2, 0.25) is 0 Å². The summed E-state index contributed by atoms with van der Waals surface area (Å²) < 4.78 is 59.5. The summed E-state index contributed by atoms with van der Waals surface area (Å²) in [4.78, 5) is 41.7. The third-order valence-corrected chi connectivity index (χ3v) is 19.2. The Morgan fingerprint density at radius 2 is 1.75 bits per heavy atom. The first kappa shape index (κ1) is 45.8. The molecule has 3 atom stereocenters. The summed E-state index contributed by atoms with van der Waals surface area (Å²) in [7, 11) is -6.82. The van der Waals surface area contributed by atoms with Gasteiger partial charge in [-0.15, -0.1) is 0 Å². The highest BCUT2D eigenvalue weighted by Gasteiger charge is 2.50. The smallest absolute Gasteiger partial charge is 0.312 e. The molecule has 5 aromatic rings. The Labute approximate surface area is 402 Å². The largest absolute Gasteiger partial charge is 0.455 e. The third-order valence-electron chi connectivity index (χ3n) is 15.4. The van der Waals surface area contributed by atoms with Crippen LogP contribution in [-0.2, 0) is 24.5 Å². The molecule has 3 N–H and O–H groups in total. The van der Waals surface area contributed by atoms with Crippen molar-refractivity contribution in [3.05, 3.63) is 106 Å². The monoisotopic (exact) mass is 977 g/mol. The Kier molecular flexibility index (Phi) is 12.3. The van der Waals surface area contributed by atoms with Crippen LogP contribution in [0.1, 0.15) is 110 Å². The van der Waals surface area contributed by atoms with Crippen LogP contribution in [0, 0.1) is 15.5 Å². The molecule has 1 spiro atoms. The van der Waals surface area contributed by atoms with E-state index in [1.54, 1.807) is 35.5 Å². The number of nitrogens with zero attached hydrogens (tertiary/aromatic N) is 6. The van der Waals surface area contributed by atoms with E-state index in [2.05, 4.69) is 63.4 Å². The van der Waals surface area contributed by atoms with Crippen molar-refractivity contribution in [3.63, 3.8) is 0 Å². The van der Waals surface area contributed by atoms with Crippen LogP contribution in [-0.4, -0.2) is 106 Å². The van der Waals surface area contributed by atoms with Gasteiger partial charge in [0.15, 0.2) is 0 Å². The number of H-pyrrole nitrogens is 1. The number of sulfonamides is 1. The number of anilines is 2. The molecular weight excluding hydrogens is 919 g/mol. The van der Waals surface area contributed by atoms with Crippen molar-refractivity contribution in [2.24, 2.45) is 9.78 Å². The summed E-state index contributed by atoms with van der Waals surface area (Å²) >= 11 is 0. The first-order chi connectivity index (χ1) is 33.4. The normalized spacial score (nSPS) is 23.7. The summed E-state index contributed by atoms with van der Waals surface area (Å²) in [5.74, 6) is 1.36. The minimum Gasteiger partial charge on any atom is -0.455 e. The van der Waals surface area contributed by atoms with Crippen molar-refractivity contribution in [2.75, 3.05) is 54.5 Å². The van der Waals surface area contributed by atoms with Gasteiger partial charge < -0.3 is 24.7 Å². The summed E-state index contributed by atoms with van der Waals surface area (Å²) in [6, 6.07) is 19.7. The summed E-state index contributed by atoms with van der Waals surface area (Å²) in [6.45, 7) is 3.32. The number of rotatable bonds is 14. The first-order valence-electron chi connectivity index (χ1n) is 24.5. The summed E-state index contributed by atoms with van der Waals surface area (Å²) in [6.07, 6.45) is 16.7. The maximum Gasteiger partial charge on any atom is 0.312 e. The number of nitro groups is 1. The molecule has 0 radical (unpaired) electrons. The van der Waals surface area contributed by atoms with Crippen LogP contribution in [0.4, 0.5) is 17.2 Å². The van der Waals surface area contributed by atoms with Crippen LogP contribution in [0.25, 0.3) is 11.0 Å². The predicted molar refractivity (Wildman–Crippen MR) is 263 cm³/mol. The first-order valence-corrected chi connectivity index (χ1v) is 27.9. The molecule has 2 saturated carbocycles. The number of carbonyl (C=O) groups excluding carboxylic acids is 1. The van der Waals surface area contributed by atoms with Gasteiger partial charge >= 0.3 is 5.69 Å². The van der Waals surface area contributed by atoms with Gasteiger partial charge in [-0.1, -0.05) is 24.3 Å². The number of pyridine rings is 2. The molecule has 69 heavy (non-hydrogen) atoms. The zero-order valence-corrected chi connectivity index (χ0v) is 40.2. The molecule has 0 bridgehead atoms. The number of carbonyl (C=O) groups is 1. The second kappa shape index (κ2) is 18.6. The molecule has 2 aliphatic carbocycles. The molecule has 2 unspecified atom stereocenters. The highest BCUT2D eigenvalue weighted by Crippen LogP contribution is 2.55. The Morgan fingerprint density at radius 3 is 2.51 bits per heavy atom. The van der Waals surface area contributed by atoms with Crippen LogP contribution >= 0.6 is 0 Å². The number of aromatic nitrogens is 3. The highest BCUT2D eigenvalue weighted by atomic mass is 32.2. The van der Waals surface area contributed by atoms with Crippen molar-refractivity contribution < 1.29 is 31.8 Å². The van der Waals surface area contributed by atoms with Crippen molar-refractivity contribution >= 4 is 53.9 Å². The molecule has 11 rings (SSSR count). The quantitative estimate of drug-likeness (QED) is 0.0704. The average Bonchev–Trinajstić information content (AvgIpc) is 3.64. The summed E-state index contributed by atoms with van der Waals surface area (Å²) in [5.41, 5.74) is 4.30. The van der Waals surface area contributed by atoms with Crippen LogP contribution in [0.15, 0.2) is 88.5 Å². The van der Waals surface area contributed by atoms with Gasteiger partial charge in [0, 0.05) is 82.4 Å². The number of likely N-dealkylation sites (tertiary alicyclic amines) is 1. The molecule has 364 valence electrons. The molecule has 17 nitrogen and oxygen atoms in total. The third kappa shape index (κ3) is 9.66. The van der Waals surface area contributed by atoms with Gasteiger partial charge in [0.25, 0.3) is 15.9 Å². The van der Waals surface area contributed by atoms with Crippen molar-refractivity contribution in [1.82, 2.24) is 24.6 Å². The van der Waals surface area contributed by atoms with Crippen LogP contribution in [0.5, 0.6) is 11.5 Å². The number of nitrogens with one attached hydrogen (secondary N) is 3. The van der Waals surface area contributed by atoms with E-state index in [0.29, 0.717) is 59.8 Å². The van der Waals surface area contributed by atoms with E-state index in [4.69, 9.17) is 9.47 Å². The van der Waals surface area contributed by atoms with E-state index in [1.807, 2.05) is 12.1 Å². The van der Waals surface area contributed by atoms with E-state index in [-0.39, 0.29) is 35.8 Å². The molecule has 6 fully saturated rings. The van der Waals surface area contributed by atoms with Gasteiger partial charge in [0.1, 0.15) is 22.0 Å². The minimum absolute atomic E-state index is 0.0476. The maximum absolute atomic E-state index is 14.0.